The van der Waals surface area contributed by atoms with Crippen molar-refractivity contribution in [2.75, 3.05) is 12.8 Å². The van der Waals surface area contributed by atoms with E-state index >= 15 is 0 Å². The van der Waals surface area contributed by atoms with Crippen LogP contribution in [0.1, 0.15) is 5.69 Å². The second-order valence-corrected chi connectivity index (χ2v) is 7.80. The van der Waals surface area contributed by atoms with E-state index in [1.807, 2.05) is 12.3 Å². The van der Waals surface area contributed by atoms with Crippen molar-refractivity contribution >= 4 is 38.8 Å². The van der Waals surface area contributed by atoms with Gasteiger partial charge < -0.3 is 5.73 Å². The first-order valence-corrected chi connectivity index (χ1v) is 8.53. The van der Waals surface area contributed by atoms with Crippen molar-refractivity contribution in [3.63, 3.8) is 0 Å². The van der Waals surface area contributed by atoms with Crippen LogP contribution in [0.2, 0.25) is 0 Å². The van der Waals surface area contributed by atoms with E-state index in [1.165, 1.54) is 24.9 Å². The van der Waals surface area contributed by atoms with Gasteiger partial charge in [-0.25, -0.2) is 18.1 Å². The molecule has 0 radical (unpaired) electrons. The lowest BCUT2D eigenvalue weighted by Gasteiger charge is -2.07. The van der Waals surface area contributed by atoms with Crippen molar-refractivity contribution in [1.82, 2.24) is 9.71 Å². The molecule has 2 rings (SSSR count). The van der Waals surface area contributed by atoms with Crippen molar-refractivity contribution < 1.29 is 8.42 Å². The summed E-state index contributed by atoms with van der Waals surface area (Å²) in [7, 11) is -2.15. The third kappa shape index (κ3) is 3.27. The molecule has 2 aromatic rings. The average molecular weight is 315 g/mol. The molecule has 0 spiro atoms. The molecule has 1 aromatic heterocycles. The van der Waals surface area contributed by atoms with E-state index in [2.05, 4.69) is 9.71 Å². The highest BCUT2D eigenvalue weighted by molar-refractivity contribution is 8.01. The second-order valence-electron chi connectivity index (χ2n) is 3.76. The van der Waals surface area contributed by atoms with Gasteiger partial charge in [-0.15, -0.1) is 11.3 Å². The maximum Gasteiger partial charge on any atom is 0.242 e. The summed E-state index contributed by atoms with van der Waals surface area (Å²) in [5.74, 6) is 0. The molecule has 102 valence electrons. The molecule has 0 bridgehead atoms. The smallest absolute Gasteiger partial charge is 0.242 e. The normalized spacial score (nSPS) is 11.7. The SMILES string of the molecule is CNS(=O)(=O)c1ccc(Sc2nc(C)cs2)cc1N. The molecule has 8 heteroatoms. The third-order valence-corrected chi connectivity index (χ3v) is 5.88. The summed E-state index contributed by atoms with van der Waals surface area (Å²) in [6.07, 6.45) is 0. The van der Waals surface area contributed by atoms with Gasteiger partial charge in [0.15, 0.2) is 4.34 Å². The van der Waals surface area contributed by atoms with Gasteiger partial charge in [0, 0.05) is 16.0 Å². The molecular formula is C11H13N3O2S3. The number of nitrogens with two attached hydrogens (primary N) is 1. The Kier molecular flexibility index (Phi) is 4.14. The average Bonchev–Trinajstić information content (AvgIpc) is 2.74. The Morgan fingerprint density at radius 2 is 2.16 bits per heavy atom. The molecule has 0 saturated carbocycles. The first-order valence-electron chi connectivity index (χ1n) is 5.35. The number of hydrogen-bond donors (Lipinski definition) is 2. The van der Waals surface area contributed by atoms with Crippen LogP contribution in [-0.4, -0.2) is 20.4 Å². The van der Waals surface area contributed by atoms with Gasteiger partial charge in [-0.3, -0.25) is 0 Å². The number of thiazole rings is 1. The quantitative estimate of drug-likeness (QED) is 0.844. The zero-order chi connectivity index (χ0) is 14.0. The largest absolute Gasteiger partial charge is 0.398 e. The second kappa shape index (κ2) is 5.49. The minimum atomic E-state index is -3.51. The Morgan fingerprint density at radius 1 is 1.42 bits per heavy atom. The fourth-order valence-corrected chi connectivity index (χ4v) is 4.12. The molecule has 0 unspecified atom stereocenters. The van der Waals surface area contributed by atoms with Crippen molar-refractivity contribution in [2.24, 2.45) is 0 Å². The van der Waals surface area contributed by atoms with Crippen LogP contribution in [0.25, 0.3) is 0 Å². The maximum atomic E-state index is 11.7. The highest BCUT2D eigenvalue weighted by Crippen LogP contribution is 2.32. The molecular weight excluding hydrogens is 302 g/mol. The van der Waals surface area contributed by atoms with Crippen molar-refractivity contribution in [3.8, 4) is 0 Å². The molecule has 0 fully saturated rings. The van der Waals surface area contributed by atoms with Crippen molar-refractivity contribution in [2.45, 2.75) is 21.1 Å². The standard InChI is InChI=1S/C11H13N3O2S3/c1-7-6-17-11(14-7)18-8-3-4-10(9(12)5-8)19(15,16)13-2/h3-6,13H,12H2,1-2H3. The molecule has 3 N–H and O–H groups in total. The fourth-order valence-electron chi connectivity index (χ4n) is 1.42. The summed E-state index contributed by atoms with van der Waals surface area (Å²) in [4.78, 5) is 5.29. The summed E-state index contributed by atoms with van der Waals surface area (Å²) in [6.45, 7) is 1.93. The van der Waals surface area contributed by atoms with Gasteiger partial charge in [0.1, 0.15) is 4.90 Å². The van der Waals surface area contributed by atoms with Crippen LogP contribution < -0.4 is 10.5 Å². The molecule has 19 heavy (non-hydrogen) atoms. The Balaban J connectivity index is 2.29. The number of sulfonamides is 1. The number of rotatable bonds is 4. The van der Waals surface area contributed by atoms with Crippen LogP contribution in [0.3, 0.4) is 0 Å². The third-order valence-electron chi connectivity index (χ3n) is 2.34. The summed E-state index contributed by atoms with van der Waals surface area (Å²) < 4.78 is 26.5. The van der Waals surface area contributed by atoms with Crippen molar-refractivity contribution in [1.29, 1.82) is 0 Å². The maximum absolute atomic E-state index is 11.7. The van der Waals surface area contributed by atoms with Gasteiger partial charge >= 0.3 is 0 Å². The lowest BCUT2D eigenvalue weighted by atomic mass is 10.3. The first kappa shape index (κ1) is 14.3. The van der Waals surface area contributed by atoms with E-state index in [1.54, 1.807) is 23.5 Å². The molecule has 1 heterocycles. The molecule has 0 saturated heterocycles. The molecule has 0 aliphatic heterocycles. The van der Waals surface area contributed by atoms with Crippen LogP contribution in [0, 0.1) is 6.92 Å². The van der Waals surface area contributed by atoms with E-state index in [4.69, 9.17) is 5.73 Å². The number of benzene rings is 1. The van der Waals surface area contributed by atoms with Crippen LogP contribution in [0.5, 0.6) is 0 Å². The van der Waals surface area contributed by atoms with Gasteiger partial charge in [-0.1, -0.05) is 11.8 Å². The molecule has 0 aliphatic rings. The number of anilines is 1. The molecule has 0 atom stereocenters. The number of nitrogen functional groups attached to an aromatic ring is 1. The zero-order valence-corrected chi connectivity index (χ0v) is 12.8. The van der Waals surface area contributed by atoms with Crippen LogP contribution in [0.4, 0.5) is 5.69 Å². The zero-order valence-electron chi connectivity index (χ0n) is 10.4. The van der Waals surface area contributed by atoms with E-state index in [0.717, 1.165) is 14.9 Å². The molecule has 5 nitrogen and oxygen atoms in total. The lowest BCUT2D eigenvalue weighted by Crippen LogP contribution is -2.19. The number of aryl methyl sites for hydroxylation is 1. The molecule has 1 aromatic carbocycles. The summed E-state index contributed by atoms with van der Waals surface area (Å²) in [5.41, 5.74) is 6.99. The first-order chi connectivity index (χ1) is 8.92. The van der Waals surface area contributed by atoms with Gasteiger partial charge in [-0.2, -0.15) is 0 Å². The molecule has 0 amide bonds. The minimum Gasteiger partial charge on any atom is -0.398 e. The van der Waals surface area contributed by atoms with E-state index in [-0.39, 0.29) is 10.6 Å². The summed E-state index contributed by atoms with van der Waals surface area (Å²) in [6, 6.07) is 4.87. The van der Waals surface area contributed by atoms with Crippen LogP contribution in [0.15, 0.2) is 37.7 Å². The van der Waals surface area contributed by atoms with Crippen molar-refractivity contribution in [3.05, 3.63) is 29.3 Å². The highest BCUT2D eigenvalue weighted by Gasteiger charge is 2.15. The summed E-state index contributed by atoms with van der Waals surface area (Å²) >= 11 is 3.01. The van der Waals surface area contributed by atoms with E-state index < -0.39 is 10.0 Å². The Bertz CT molecular complexity index is 695. The molecule has 0 aliphatic carbocycles. The number of aromatic nitrogens is 1. The highest BCUT2D eigenvalue weighted by atomic mass is 32.2. The Morgan fingerprint density at radius 3 is 2.68 bits per heavy atom. The predicted molar refractivity (Wildman–Crippen MR) is 78.1 cm³/mol. The minimum absolute atomic E-state index is 0.0923. The number of hydrogen-bond acceptors (Lipinski definition) is 6. The predicted octanol–water partition coefficient (Wildman–Crippen LogP) is 2.09. The Hall–Kier alpha value is -1.09. The summed E-state index contributed by atoms with van der Waals surface area (Å²) in [5, 5.41) is 1.96. The van der Waals surface area contributed by atoms with Gasteiger partial charge in [0.25, 0.3) is 0 Å². The van der Waals surface area contributed by atoms with Gasteiger partial charge in [-0.05, 0) is 32.2 Å². The van der Waals surface area contributed by atoms with Gasteiger partial charge in [0.05, 0.1) is 5.69 Å². The topological polar surface area (TPSA) is 85.1 Å². The van der Waals surface area contributed by atoms with E-state index in [9.17, 15) is 8.42 Å². The number of nitrogens with zero attached hydrogens (tertiary/aromatic N) is 1. The lowest BCUT2D eigenvalue weighted by molar-refractivity contribution is 0.588. The van der Waals surface area contributed by atoms with E-state index in [0.29, 0.717) is 0 Å². The monoisotopic (exact) mass is 315 g/mol. The van der Waals surface area contributed by atoms with Crippen LogP contribution >= 0.6 is 23.1 Å². The Labute approximate surface area is 120 Å². The van der Waals surface area contributed by atoms with Crippen LogP contribution in [-0.2, 0) is 10.0 Å². The number of nitrogens with one attached hydrogen (secondary N) is 1. The van der Waals surface area contributed by atoms with Gasteiger partial charge in [0.2, 0.25) is 10.0 Å². The fraction of sp³-hybridized carbons (Fsp3) is 0.182.